The van der Waals surface area contributed by atoms with E-state index in [1.807, 2.05) is 6.07 Å². The molecule has 3 heterocycles. The Hall–Kier alpha value is -3.60. The number of esters is 2. The Morgan fingerprint density at radius 1 is 1.29 bits per heavy atom. The van der Waals surface area contributed by atoms with Crippen LogP contribution in [0.2, 0.25) is 0 Å². The normalized spacial score (nSPS) is 25.8. The third-order valence-corrected chi connectivity index (χ3v) is 7.75. The van der Waals surface area contributed by atoms with Crippen LogP contribution in [0.25, 0.3) is 5.52 Å². The van der Waals surface area contributed by atoms with Crippen LogP contribution in [-0.2, 0) is 34.2 Å². The number of amides is 1. The molecular formula is C28H38N6O7. The fourth-order valence-electron chi connectivity index (χ4n) is 5.35. The molecule has 4 N–H and O–H groups in total. The highest BCUT2D eigenvalue weighted by atomic mass is 16.6. The number of hydrogen-bond donors (Lipinski definition) is 3. The summed E-state index contributed by atoms with van der Waals surface area (Å²) in [6, 6.07) is 4.16. The van der Waals surface area contributed by atoms with E-state index in [9.17, 15) is 24.8 Å². The topological polar surface area (TPSA) is 191 Å². The lowest BCUT2D eigenvalue weighted by atomic mass is 9.87. The number of aliphatic hydroxyl groups excluding tert-OH is 1. The predicted molar refractivity (Wildman–Crippen MR) is 145 cm³/mol. The van der Waals surface area contributed by atoms with Crippen molar-refractivity contribution in [3.63, 3.8) is 0 Å². The number of nitrogens with two attached hydrogens (primary N) is 1. The molecule has 222 valence electrons. The van der Waals surface area contributed by atoms with E-state index < -0.39 is 53.9 Å². The number of carbonyl (C=O) groups is 3. The minimum absolute atomic E-state index is 0.116. The number of aliphatic hydroxyl groups is 1. The van der Waals surface area contributed by atoms with Gasteiger partial charge in [0.05, 0.1) is 5.69 Å². The molecule has 2 aromatic rings. The molecule has 0 aromatic carbocycles. The van der Waals surface area contributed by atoms with E-state index in [1.165, 1.54) is 23.8 Å². The lowest BCUT2D eigenvalue weighted by molar-refractivity contribution is -0.162. The molecule has 13 heteroatoms. The summed E-state index contributed by atoms with van der Waals surface area (Å²) in [6.45, 7) is 6.28. The summed E-state index contributed by atoms with van der Waals surface area (Å²) in [7, 11) is 0. The van der Waals surface area contributed by atoms with Crippen LogP contribution in [0, 0.1) is 22.7 Å². The average Bonchev–Trinajstić information content (AvgIpc) is 3.47. The predicted octanol–water partition coefficient (Wildman–Crippen LogP) is 1.97. The van der Waals surface area contributed by atoms with Gasteiger partial charge in [0.15, 0.2) is 11.9 Å². The molecule has 1 saturated heterocycles. The van der Waals surface area contributed by atoms with E-state index in [1.54, 1.807) is 26.8 Å². The van der Waals surface area contributed by atoms with Crippen LogP contribution >= 0.6 is 0 Å². The number of rotatable bonds is 8. The van der Waals surface area contributed by atoms with Gasteiger partial charge < -0.3 is 30.4 Å². The third kappa shape index (κ3) is 6.34. The quantitative estimate of drug-likeness (QED) is 0.393. The minimum atomic E-state index is -2.06. The molecular weight excluding hydrogens is 532 g/mol. The van der Waals surface area contributed by atoms with Crippen LogP contribution in [0.1, 0.15) is 71.9 Å². The first-order valence-electron chi connectivity index (χ1n) is 13.9. The van der Waals surface area contributed by atoms with Crippen LogP contribution in [-0.4, -0.2) is 68.5 Å². The van der Waals surface area contributed by atoms with Gasteiger partial charge in [0.25, 0.3) is 0 Å². The zero-order valence-corrected chi connectivity index (χ0v) is 23.8. The van der Waals surface area contributed by atoms with Gasteiger partial charge in [-0.15, -0.1) is 0 Å². The largest absolute Gasteiger partial charge is 0.462 e. The maximum Gasteiger partial charge on any atom is 0.323 e. The minimum Gasteiger partial charge on any atom is -0.462 e. The molecule has 13 nitrogen and oxygen atoms in total. The molecule has 2 fully saturated rings. The molecule has 1 aliphatic heterocycles. The maximum absolute atomic E-state index is 13.0. The molecule has 4 rings (SSSR count). The zero-order valence-electron chi connectivity index (χ0n) is 23.8. The van der Waals surface area contributed by atoms with Crippen molar-refractivity contribution in [2.75, 3.05) is 11.9 Å². The Morgan fingerprint density at radius 3 is 2.63 bits per heavy atom. The molecule has 1 unspecified atom stereocenters. The van der Waals surface area contributed by atoms with Crippen molar-refractivity contribution in [1.82, 2.24) is 14.6 Å². The molecule has 1 amide bonds. The highest BCUT2D eigenvalue weighted by molar-refractivity contribution is 5.91. The first-order chi connectivity index (χ1) is 19.4. The van der Waals surface area contributed by atoms with Crippen LogP contribution in [0.5, 0.6) is 0 Å². The first kappa shape index (κ1) is 30.4. The van der Waals surface area contributed by atoms with Crippen molar-refractivity contribution >= 4 is 29.2 Å². The van der Waals surface area contributed by atoms with Crippen molar-refractivity contribution in [3.05, 3.63) is 24.2 Å². The van der Waals surface area contributed by atoms with Gasteiger partial charge in [-0.05, 0) is 36.3 Å². The van der Waals surface area contributed by atoms with Crippen molar-refractivity contribution < 1.29 is 33.7 Å². The second kappa shape index (κ2) is 12.1. The summed E-state index contributed by atoms with van der Waals surface area (Å²) in [5, 5.41) is 28.8. The Balaban J connectivity index is 1.65. The van der Waals surface area contributed by atoms with Crippen molar-refractivity contribution in [2.24, 2.45) is 17.1 Å². The molecule has 1 aliphatic carbocycles. The van der Waals surface area contributed by atoms with Crippen LogP contribution < -0.4 is 11.1 Å². The zero-order chi connectivity index (χ0) is 29.9. The van der Waals surface area contributed by atoms with Gasteiger partial charge in [0.1, 0.15) is 42.8 Å². The van der Waals surface area contributed by atoms with Gasteiger partial charge in [0, 0.05) is 13.3 Å². The van der Waals surface area contributed by atoms with Gasteiger partial charge in [-0.25, -0.2) is 9.50 Å². The molecule has 2 aliphatic rings. The van der Waals surface area contributed by atoms with Gasteiger partial charge >= 0.3 is 11.9 Å². The van der Waals surface area contributed by atoms with E-state index in [-0.39, 0.29) is 29.8 Å². The number of nitrogens with one attached hydrogen (secondary N) is 1. The number of aromatic nitrogens is 3. The summed E-state index contributed by atoms with van der Waals surface area (Å²) in [6.07, 6.45) is 2.23. The highest BCUT2D eigenvalue weighted by Crippen LogP contribution is 2.42. The second-order valence-corrected chi connectivity index (χ2v) is 11.9. The van der Waals surface area contributed by atoms with E-state index in [4.69, 9.17) is 19.9 Å². The molecule has 2 aromatic heterocycles. The van der Waals surface area contributed by atoms with Crippen molar-refractivity contribution in [2.45, 2.75) is 96.2 Å². The van der Waals surface area contributed by atoms with E-state index >= 15 is 0 Å². The monoisotopic (exact) mass is 570 g/mol. The average molecular weight is 571 g/mol. The molecule has 5 atom stereocenters. The van der Waals surface area contributed by atoms with E-state index in [0.717, 1.165) is 32.1 Å². The Morgan fingerprint density at radius 2 is 2.00 bits per heavy atom. The third-order valence-electron chi connectivity index (χ3n) is 7.75. The van der Waals surface area contributed by atoms with E-state index in [0.29, 0.717) is 5.52 Å². The number of nitrogens with zero attached hydrogens (tertiary/aromatic N) is 4. The fourth-order valence-corrected chi connectivity index (χ4v) is 5.35. The molecule has 1 saturated carbocycles. The number of nitriles is 1. The number of hydrogen-bond acceptors (Lipinski definition) is 11. The summed E-state index contributed by atoms with van der Waals surface area (Å²) in [5.74, 6) is -1.22. The number of anilines is 1. The SMILES string of the molecule is CC(=O)Nc1ncnn2c([C@]3(C#N)O[C@H](COC(=O)C(N)C(C)(C)C)[C@@H](OC(=O)CC4CCCCC4)[C@H]3O)ccc12. The Kier molecular flexibility index (Phi) is 8.96. The van der Waals surface area contributed by atoms with Crippen LogP contribution in [0.3, 0.4) is 0 Å². The van der Waals surface area contributed by atoms with Gasteiger partial charge in [-0.1, -0.05) is 40.0 Å². The highest BCUT2D eigenvalue weighted by Gasteiger charge is 2.60. The summed E-state index contributed by atoms with van der Waals surface area (Å²) < 4.78 is 18.6. The van der Waals surface area contributed by atoms with Crippen LogP contribution in [0.15, 0.2) is 18.5 Å². The van der Waals surface area contributed by atoms with Gasteiger partial charge in [0.2, 0.25) is 11.5 Å². The van der Waals surface area contributed by atoms with Gasteiger partial charge in [-0.2, -0.15) is 10.4 Å². The lowest BCUT2D eigenvalue weighted by Crippen LogP contribution is -2.45. The molecule has 0 bridgehead atoms. The first-order valence-corrected chi connectivity index (χ1v) is 13.9. The van der Waals surface area contributed by atoms with Crippen molar-refractivity contribution in [1.29, 1.82) is 5.26 Å². The van der Waals surface area contributed by atoms with Crippen LogP contribution in [0.4, 0.5) is 5.82 Å². The molecule has 41 heavy (non-hydrogen) atoms. The maximum atomic E-state index is 13.0. The summed E-state index contributed by atoms with van der Waals surface area (Å²) >= 11 is 0. The smallest absolute Gasteiger partial charge is 0.323 e. The lowest BCUT2D eigenvalue weighted by Gasteiger charge is -2.26. The molecule has 0 radical (unpaired) electrons. The van der Waals surface area contributed by atoms with Crippen molar-refractivity contribution in [3.8, 4) is 6.07 Å². The second-order valence-electron chi connectivity index (χ2n) is 11.9. The Labute approximate surface area is 238 Å². The number of ether oxygens (including phenoxy) is 3. The van der Waals surface area contributed by atoms with Gasteiger partial charge in [-0.3, -0.25) is 14.4 Å². The molecule has 0 spiro atoms. The Bertz CT molecular complexity index is 1330. The summed E-state index contributed by atoms with van der Waals surface area (Å²) in [4.78, 5) is 41.4. The fraction of sp³-hybridized carbons (Fsp3) is 0.643. The number of carbonyl (C=O) groups excluding carboxylic acids is 3. The standard InChI is InChI=1S/C28H38N6O7/c1-16(35)33-25-18-10-11-20(34(18)32-15-31-25)28(14-29)24(37)22(40-21(36)12-17-8-6-5-7-9-17)19(41-28)13-39-26(38)23(30)27(2,3)4/h10-11,15,17,19,22-24,37H,5-9,12-13,30H2,1-4H3,(H,31,32,33,35)/t19-,22-,23?,24-,28+/m1/s1. The summed E-state index contributed by atoms with van der Waals surface area (Å²) in [5.41, 5.74) is 3.87. The van der Waals surface area contributed by atoms with E-state index in [2.05, 4.69) is 15.4 Å². The number of fused-ring (bicyclic) bond motifs is 1.